The van der Waals surface area contributed by atoms with Crippen LogP contribution in [0.25, 0.3) is 10.9 Å². The number of hydrogen-bond donors (Lipinski definition) is 2. The highest BCUT2D eigenvalue weighted by molar-refractivity contribution is 5.95. The number of pyridine rings is 1. The number of carbonyl (C=O) groups excluding carboxylic acids is 1. The zero-order valence-electron chi connectivity index (χ0n) is 15.5. The van der Waals surface area contributed by atoms with Crippen LogP contribution in [0.2, 0.25) is 0 Å². The summed E-state index contributed by atoms with van der Waals surface area (Å²) in [7, 11) is 0. The Balaban J connectivity index is 1.82. The van der Waals surface area contributed by atoms with Crippen LogP contribution < -0.4 is 10.6 Å². The van der Waals surface area contributed by atoms with Crippen LogP contribution in [-0.4, -0.2) is 16.9 Å². The smallest absolute Gasteiger partial charge is 0.251 e. The SMILES string of the molecule is CCC(C)NC(=O)c1cccc(CNc2c(C#N)cnc3ccccc23)c1. The van der Waals surface area contributed by atoms with E-state index < -0.39 is 0 Å². The minimum Gasteiger partial charge on any atom is -0.379 e. The van der Waals surface area contributed by atoms with Crippen LogP contribution in [0.15, 0.2) is 54.7 Å². The summed E-state index contributed by atoms with van der Waals surface area (Å²) < 4.78 is 0. The molecule has 2 N–H and O–H groups in total. The molecule has 0 saturated carbocycles. The van der Waals surface area contributed by atoms with Gasteiger partial charge in [0.2, 0.25) is 0 Å². The lowest BCUT2D eigenvalue weighted by atomic mass is 10.1. The zero-order valence-corrected chi connectivity index (χ0v) is 15.5. The number of fused-ring (bicyclic) bond motifs is 1. The van der Waals surface area contributed by atoms with Gasteiger partial charge < -0.3 is 10.6 Å². The molecule has 0 aliphatic carbocycles. The minimum absolute atomic E-state index is 0.0710. The standard InChI is InChI=1S/C22H22N4O/c1-3-15(2)26-22(27)17-8-6-7-16(11-17)13-25-21-18(12-23)14-24-20-10-5-4-9-19(20)21/h4-11,14-15H,3,13H2,1-2H3,(H,24,25)(H,26,27). The first-order valence-electron chi connectivity index (χ1n) is 9.04. The van der Waals surface area contributed by atoms with Crippen molar-refractivity contribution < 1.29 is 4.79 Å². The fraction of sp³-hybridized carbons (Fsp3) is 0.227. The molecule has 1 atom stereocenters. The van der Waals surface area contributed by atoms with Crippen molar-refractivity contribution in [3.63, 3.8) is 0 Å². The molecule has 0 bridgehead atoms. The lowest BCUT2D eigenvalue weighted by Crippen LogP contribution is -2.31. The number of amides is 1. The van der Waals surface area contributed by atoms with E-state index in [4.69, 9.17) is 0 Å². The Morgan fingerprint density at radius 3 is 2.81 bits per heavy atom. The largest absolute Gasteiger partial charge is 0.379 e. The lowest BCUT2D eigenvalue weighted by molar-refractivity contribution is 0.0939. The first kappa shape index (κ1) is 18.4. The molecule has 0 radical (unpaired) electrons. The van der Waals surface area contributed by atoms with Crippen molar-refractivity contribution in [3.05, 3.63) is 71.4 Å². The van der Waals surface area contributed by atoms with Crippen LogP contribution in [-0.2, 0) is 6.54 Å². The number of hydrogen-bond acceptors (Lipinski definition) is 4. The summed E-state index contributed by atoms with van der Waals surface area (Å²) in [5.41, 5.74) is 3.70. The number of nitriles is 1. The Bertz CT molecular complexity index is 1010. The van der Waals surface area contributed by atoms with E-state index in [1.54, 1.807) is 6.20 Å². The predicted octanol–water partition coefficient (Wildman–Crippen LogP) is 4.25. The van der Waals surface area contributed by atoms with Gasteiger partial charge in [-0.3, -0.25) is 9.78 Å². The van der Waals surface area contributed by atoms with Gasteiger partial charge in [-0.05, 0) is 37.1 Å². The number of nitrogens with one attached hydrogen (secondary N) is 2. The molecule has 0 aliphatic rings. The molecule has 1 aromatic heterocycles. The van der Waals surface area contributed by atoms with Gasteiger partial charge in [0.1, 0.15) is 6.07 Å². The van der Waals surface area contributed by atoms with Crippen molar-refractivity contribution in [2.75, 3.05) is 5.32 Å². The first-order chi connectivity index (χ1) is 13.1. The summed E-state index contributed by atoms with van der Waals surface area (Å²) in [6.07, 6.45) is 2.47. The van der Waals surface area contributed by atoms with Crippen molar-refractivity contribution in [2.45, 2.75) is 32.9 Å². The highest BCUT2D eigenvalue weighted by Crippen LogP contribution is 2.26. The Kier molecular flexibility index (Phi) is 5.68. The maximum Gasteiger partial charge on any atom is 0.251 e. The van der Waals surface area contributed by atoms with E-state index >= 15 is 0 Å². The Morgan fingerprint density at radius 1 is 1.22 bits per heavy atom. The summed E-state index contributed by atoms with van der Waals surface area (Å²) in [5, 5.41) is 16.6. The summed E-state index contributed by atoms with van der Waals surface area (Å²) in [4.78, 5) is 16.7. The average Bonchev–Trinajstić information content (AvgIpc) is 2.71. The van der Waals surface area contributed by atoms with Crippen LogP contribution in [0, 0.1) is 11.3 Å². The molecule has 1 heterocycles. The van der Waals surface area contributed by atoms with E-state index in [0.29, 0.717) is 17.7 Å². The third kappa shape index (κ3) is 4.24. The van der Waals surface area contributed by atoms with Gasteiger partial charge in [0, 0.05) is 29.7 Å². The number of para-hydroxylation sites is 1. The maximum atomic E-state index is 12.3. The third-order valence-corrected chi connectivity index (χ3v) is 4.54. The van der Waals surface area contributed by atoms with Gasteiger partial charge in [-0.1, -0.05) is 37.3 Å². The summed E-state index contributed by atoms with van der Waals surface area (Å²) in [6, 6.07) is 17.6. The number of anilines is 1. The molecule has 27 heavy (non-hydrogen) atoms. The monoisotopic (exact) mass is 358 g/mol. The molecule has 5 nitrogen and oxygen atoms in total. The Labute approximate surface area is 159 Å². The quantitative estimate of drug-likeness (QED) is 0.691. The van der Waals surface area contributed by atoms with Gasteiger partial charge in [-0.15, -0.1) is 0 Å². The molecule has 5 heteroatoms. The second-order valence-electron chi connectivity index (χ2n) is 6.51. The van der Waals surface area contributed by atoms with Crippen LogP contribution >= 0.6 is 0 Å². The van der Waals surface area contributed by atoms with Crippen molar-refractivity contribution in [1.82, 2.24) is 10.3 Å². The number of aromatic nitrogens is 1. The molecule has 3 aromatic rings. The summed E-state index contributed by atoms with van der Waals surface area (Å²) in [5.74, 6) is -0.0710. The second kappa shape index (κ2) is 8.33. The van der Waals surface area contributed by atoms with Crippen LogP contribution in [0.3, 0.4) is 0 Å². The molecule has 2 aromatic carbocycles. The van der Waals surface area contributed by atoms with Gasteiger partial charge >= 0.3 is 0 Å². The van der Waals surface area contributed by atoms with Crippen molar-refractivity contribution >= 4 is 22.5 Å². The molecule has 0 spiro atoms. The van der Waals surface area contributed by atoms with Crippen LogP contribution in [0.1, 0.15) is 41.8 Å². The van der Waals surface area contributed by atoms with Crippen molar-refractivity contribution in [3.8, 4) is 6.07 Å². The summed E-state index contributed by atoms with van der Waals surface area (Å²) >= 11 is 0. The molecule has 136 valence electrons. The van der Waals surface area contributed by atoms with E-state index in [1.807, 2.05) is 62.4 Å². The highest BCUT2D eigenvalue weighted by Gasteiger charge is 2.11. The zero-order chi connectivity index (χ0) is 19.2. The van der Waals surface area contributed by atoms with Gasteiger partial charge in [0.05, 0.1) is 16.8 Å². The molecule has 1 unspecified atom stereocenters. The number of nitrogens with zero attached hydrogens (tertiary/aromatic N) is 2. The third-order valence-electron chi connectivity index (χ3n) is 4.54. The molecule has 0 fully saturated rings. The molecular weight excluding hydrogens is 336 g/mol. The highest BCUT2D eigenvalue weighted by atomic mass is 16.1. The fourth-order valence-corrected chi connectivity index (χ4v) is 2.84. The fourth-order valence-electron chi connectivity index (χ4n) is 2.84. The van der Waals surface area contributed by atoms with Crippen molar-refractivity contribution in [2.24, 2.45) is 0 Å². The molecule has 0 saturated heterocycles. The van der Waals surface area contributed by atoms with Gasteiger partial charge in [0.15, 0.2) is 0 Å². The average molecular weight is 358 g/mol. The molecule has 0 aliphatic heterocycles. The number of benzene rings is 2. The van der Waals surface area contributed by atoms with E-state index in [2.05, 4.69) is 21.7 Å². The van der Waals surface area contributed by atoms with Gasteiger partial charge in [0.25, 0.3) is 5.91 Å². The minimum atomic E-state index is -0.0710. The number of rotatable bonds is 6. The normalized spacial score (nSPS) is 11.6. The van der Waals surface area contributed by atoms with E-state index in [0.717, 1.165) is 28.6 Å². The topological polar surface area (TPSA) is 77.8 Å². The Morgan fingerprint density at radius 2 is 2.04 bits per heavy atom. The van der Waals surface area contributed by atoms with Gasteiger partial charge in [-0.25, -0.2) is 0 Å². The maximum absolute atomic E-state index is 12.3. The molecular formula is C22H22N4O. The van der Waals surface area contributed by atoms with Gasteiger partial charge in [-0.2, -0.15) is 5.26 Å². The van der Waals surface area contributed by atoms with E-state index in [1.165, 1.54) is 0 Å². The second-order valence-corrected chi connectivity index (χ2v) is 6.51. The predicted molar refractivity (Wildman–Crippen MR) is 107 cm³/mol. The van der Waals surface area contributed by atoms with Crippen LogP contribution in [0.5, 0.6) is 0 Å². The van der Waals surface area contributed by atoms with Crippen molar-refractivity contribution in [1.29, 1.82) is 5.26 Å². The summed E-state index contributed by atoms with van der Waals surface area (Å²) in [6.45, 7) is 4.53. The lowest BCUT2D eigenvalue weighted by Gasteiger charge is -2.13. The molecule has 3 rings (SSSR count). The van der Waals surface area contributed by atoms with E-state index in [-0.39, 0.29) is 11.9 Å². The Hall–Kier alpha value is -3.39. The van der Waals surface area contributed by atoms with Crippen LogP contribution in [0.4, 0.5) is 5.69 Å². The number of carbonyl (C=O) groups is 1. The molecule has 1 amide bonds. The van der Waals surface area contributed by atoms with E-state index in [9.17, 15) is 10.1 Å². The first-order valence-corrected chi connectivity index (χ1v) is 9.04.